The zero-order valence-electron chi connectivity index (χ0n) is 18.5. The third-order valence-corrected chi connectivity index (χ3v) is 5.19. The van der Waals surface area contributed by atoms with Gasteiger partial charge in [0.1, 0.15) is 18.1 Å². The molecule has 0 aliphatic rings. The Balaban J connectivity index is 1.65. The highest BCUT2D eigenvalue weighted by Gasteiger charge is 2.17. The summed E-state index contributed by atoms with van der Waals surface area (Å²) in [5.41, 5.74) is 2.95. The highest BCUT2D eigenvalue weighted by atomic mass is 16.5. The van der Waals surface area contributed by atoms with E-state index < -0.39 is 0 Å². The molecule has 0 radical (unpaired) electrons. The molecule has 0 fully saturated rings. The Labute approximate surface area is 189 Å². The van der Waals surface area contributed by atoms with E-state index in [4.69, 9.17) is 9.47 Å². The summed E-state index contributed by atoms with van der Waals surface area (Å²) in [6.45, 7) is 0.701. The van der Waals surface area contributed by atoms with Crippen LogP contribution in [-0.2, 0) is 6.61 Å². The molecule has 1 atom stereocenters. The molecular weight excluding hydrogens is 402 g/mol. The lowest BCUT2D eigenvalue weighted by atomic mass is 10.1. The zero-order chi connectivity index (χ0) is 22.9. The molecule has 0 saturated carbocycles. The maximum Gasteiger partial charge on any atom is 0.251 e. The van der Waals surface area contributed by atoms with Crippen LogP contribution >= 0.6 is 0 Å². The average molecular weight is 430 g/mol. The van der Waals surface area contributed by atoms with Crippen LogP contribution in [0.3, 0.4) is 0 Å². The van der Waals surface area contributed by atoms with E-state index in [1.54, 1.807) is 37.4 Å². The fourth-order valence-electron chi connectivity index (χ4n) is 3.38. The number of carbonyl (C=O) groups excluding carboxylic acids is 1. The SMILES string of the molecule is COc1cccc(C(CNC(=O)c2cccc(OCc3ccccc3C#N)c2)N(C)C)c1. The van der Waals surface area contributed by atoms with E-state index in [1.807, 2.05) is 56.6 Å². The van der Waals surface area contributed by atoms with E-state index in [2.05, 4.69) is 16.3 Å². The summed E-state index contributed by atoms with van der Waals surface area (Å²) in [7, 11) is 5.59. The zero-order valence-corrected chi connectivity index (χ0v) is 18.5. The summed E-state index contributed by atoms with van der Waals surface area (Å²) in [4.78, 5) is 14.9. The number of benzene rings is 3. The van der Waals surface area contributed by atoms with Gasteiger partial charge < -0.3 is 19.7 Å². The van der Waals surface area contributed by atoms with Crippen LogP contribution in [0.2, 0.25) is 0 Å². The lowest BCUT2D eigenvalue weighted by Gasteiger charge is -2.25. The minimum atomic E-state index is -0.178. The number of nitrogens with zero attached hydrogens (tertiary/aromatic N) is 2. The lowest BCUT2D eigenvalue weighted by Crippen LogP contribution is -2.34. The van der Waals surface area contributed by atoms with Crippen LogP contribution in [0.1, 0.15) is 33.1 Å². The van der Waals surface area contributed by atoms with Gasteiger partial charge in [0.15, 0.2) is 0 Å². The van der Waals surface area contributed by atoms with Crippen molar-refractivity contribution in [2.45, 2.75) is 12.6 Å². The summed E-state index contributed by atoms with van der Waals surface area (Å²) in [5.74, 6) is 1.17. The van der Waals surface area contributed by atoms with Crippen molar-refractivity contribution in [3.8, 4) is 17.6 Å². The Kier molecular flexibility index (Phi) is 7.85. The van der Waals surface area contributed by atoms with Crippen molar-refractivity contribution in [3.63, 3.8) is 0 Å². The van der Waals surface area contributed by atoms with Crippen LogP contribution in [0.15, 0.2) is 72.8 Å². The van der Waals surface area contributed by atoms with Crippen LogP contribution in [-0.4, -0.2) is 38.6 Å². The molecule has 0 heterocycles. The highest BCUT2D eigenvalue weighted by molar-refractivity contribution is 5.94. The van der Waals surface area contributed by atoms with E-state index in [1.165, 1.54) is 0 Å². The molecule has 0 saturated heterocycles. The first-order valence-corrected chi connectivity index (χ1v) is 10.3. The van der Waals surface area contributed by atoms with Crippen molar-refractivity contribution in [1.29, 1.82) is 5.26 Å². The summed E-state index contributed by atoms with van der Waals surface area (Å²) >= 11 is 0. The predicted octanol–water partition coefficient (Wildman–Crippen LogP) is 4.18. The summed E-state index contributed by atoms with van der Waals surface area (Å²) < 4.78 is 11.2. The Morgan fingerprint density at radius 1 is 1.03 bits per heavy atom. The van der Waals surface area contributed by atoms with Crippen LogP contribution in [0.4, 0.5) is 0 Å². The molecule has 0 aromatic heterocycles. The van der Waals surface area contributed by atoms with Gasteiger partial charge in [0.2, 0.25) is 0 Å². The van der Waals surface area contributed by atoms with E-state index in [0.717, 1.165) is 16.9 Å². The molecule has 3 aromatic rings. The third kappa shape index (κ3) is 5.87. The summed E-state index contributed by atoms with van der Waals surface area (Å²) in [5, 5.41) is 12.2. The molecule has 1 N–H and O–H groups in total. The fourth-order valence-corrected chi connectivity index (χ4v) is 3.38. The number of hydrogen-bond donors (Lipinski definition) is 1. The van der Waals surface area contributed by atoms with Crippen molar-refractivity contribution in [1.82, 2.24) is 10.2 Å². The number of nitrogens with one attached hydrogen (secondary N) is 1. The van der Waals surface area contributed by atoms with Crippen LogP contribution in [0, 0.1) is 11.3 Å². The first-order chi connectivity index (χ1) is 15.5. The van der Waals surface area contributed by atoms with Crippen molar-refractivity contribution >= 4 is 5.91 Å². The molecule has 3 aromatic carbocycles. The van der Waals surface area contributed by atoms with Crippen LogP contribution in [0.5, 0.6) is 11.5 Å². The molecule has 0 aliphatic heterocycles. The number of carbonyl (C=O) groups is 1. The number of ether oxygens (including phenoxy) is 2. The molecule has 32 heavy (non-hydrogen) atoms. The number of hydrogen-bond acceptors (Lipinski definition) is 5. The Bertz CT molecular complexity index is 1110. The number of amides is 1. The van der Waals surface area contributed by atoms with E-state index in [9.17, 15) is 10.1 Å². The minimum absolute atomic E-state index is 0.00374. The van der Waals surface area contributed by atoms with Crippen molar-refractivity contribution in [2.24, 2.45) is 0 Å². The average Bonchev–Trinajstić information content (AvgIpc) is 2.83. The second-order valence-electron chi connectivity index (χ2n) is 7.55. The normalized spacial score (nSPS) is 11.5. The number of nitriles is 1. The summed E-state index contributed by atoms with van der Waals surface area (Å²) in [6, 6.07) is 24.3. The van der Waals surface area contributed by atoms with Gasteiger partial charge in [0.25, 0.3) is 5.91 Å². The molecule has 6 nitrogen and oxygen atoms in total. The Hall–Kier alpha value is -3.82. The van der Waals surface area contributed by atoms with Crippen molar-refractivity contribution in [3.05, 3.63) is 95.1 Å². The molecule has 3 rings (SSSR count). The van der Waals surface area contributed by atoms with Crippen molar-refractivity contribution < 1.29 is 14.3 Å². The second kappa shape index (κ2) is 11.0. The Morgan fingerprint density at radius 2 is 1.78 bits per heavy atom. The topological polar surface area (TPSA) is 74.6 Å². The molecule has 164 valence electrons. The lowest BCUT2D eigenvalue weighted by molar-refractivity contribution is 0.0941. The van der Waals surface area contributed by atoms with Gasteiger partial charge in [-0.1, -0.05) is 36.4 Å². The molecular formula is C26H27N3O3. The largest absolute Gasteiger partial charge is 0.497 e. The third-order valence-electron chi connectivity index (χ3n) is 5.19. The molecule has 6 heteroatoms. The first kappa shape index (κ1) is 22.9. The van der Waals surface area contributed by atoms with Crippen LogP contribution < -0.4 is 14.8 Å². The monoisotopic (exact) mass is 429 g/mol. The maximum absolute atomic E-state index is 12.8. The molecule has 1 unspecified atom stereocenters. The van der Waals surface area contributed by atoms with E-state index in [0.29, 0.717) is 23.4 Å². The first-order valence-electron chi connectivity index (χ1n) is 10.3. The van der Waals surface area contributed by atoms with Gasteiger partial charge in [-0.05, 0) is 56.1 Å². The van der Waals surface area contributed by atoms with Gasteiger partial charge >= 0.3 is 0 Å². The molecule has 0 aliphatic carbocycles. The van der Waals surface area contributed by atoms with E-state index in [-0.39, 0.29) is 18.6 Å². The maximum atomic E-state index is 12.8. The van der Waals surface area contributed by atoms with Gasteiger partial charge in [0.05, 0.1) is 24.8 Å². The van der Waals surface area contributed by atoms with Gasteiger partial charge in [-0.25, -0.2) is 0 Å². The highest BCUT2D eigenvalue weighted by Crippen LogP contribution is 2.22. The van der Waals surface area contributed by atoms with Gasteiger partial charge in [-0.15, -0.1) is 0 Å². The molecule has 1 amide bonds. The van der Waals surface area contributed by atoms with E-state index >= 15 is 0 Å². The number of rotatable bonds is 9. The van der Waals surface area contributed by atoms with Gasteiger partial charge in [-0.2, -0.15) is 5.26 Å². The summed E-state index contributed by atoms with van der Waals surface area (Å²) in [6.07, 6.45) is 0. The number of methoxy groups -OCH3 is 1. The smallest absolute Gasteiger partial charge is 0.251 e. The number of likely N-dealkylation sites (N-methyl/N-ethyl adjacent to an activating group) is 1. The predicted molar refractivity (Wildman–Crippen MR) is 124 cm³/mol. The second-order valence-corrected chi connectivity index (χ2v) is 7.55. The van der Waals surface area contributed by atoms with Gasteiger partial charge in [-0.3, -0.25) is 4.79 Å². The molecule has 0 spiro atoms. The standard InChI is InChI=1S/C26H27N3O3/c1-29(2)25(19-10-6-12-23(14-19)31-3)17-28-26(30)20-11-7-13-24(15-20)32-18-22-9-5-4-8-21(22)16-27/h4-15,25H,17-18H2,1-3H3,(H,28,30). The fraction of sp³-hybridized carbons (Fsp3) is 0.231. The minimum Gasteiger partial charge on any atom is -0.497 e. The molecule has 0 bridgehead atoms. The van der Waals surface area contributed by atoms with Crippen molar-refractivity contribution in [2.75, 3.05) is 27.7 Å². The quantitative estimate of drug-likeness (QED) is 0.552. The van der Waals surface area contributed by atoms with Crippen LogP contribution in [0.25, 0.3) is 0 Å². The Morgan fingerprint density at radius 3 is 2.53 bits per heavy atom. The van der Waals surface area contributed by atoms with Gasteiger partial charge in [0, 0.05) is 17.7 Å².